The van der Waals surface area contributed by atoms with Gasteiger partial charge in [-0.25, -0.2) is 14.4 Å². The van der Waals surface area contributed by atoms with Crippen LogP contribution in [0.4, 0.5) is 5.69 Å². The number of carboxylic acids is 2. The summed E-state index contributed by atoms with van der Waals surface area (Å²) >= 11 is 0. The summed E-state index contributed by atoms with van der Waals surface area (Å²) in [6.07, 6.45) is 0.442. The van der Waals surface area contributed by atoms with Gasteiger partial charge in [-0.1, -0.05) is 12.1 Å². The van der Waals surface area contributed by atoms with E-state index in [-0.39, 0.29) is 11.3 Å². The highest BCUT2D eigenvalue weighted by molar-refractivity contribution is 5.97. The van der Waals surface area contributed by atoms with Crippen LogP contribution in [-0.2, 0) is 9.59 Å². The number of hydrogen-bond donors (Lipinski definition) is 3. The number of fused-ring (bicyclic) bond motifs is 1. The second-order valence-electron chi connectivity index (χ2n) is 4.15. The van der Waals surface area contributed by atoms with Gasteiger partial charge in [-0.15, -0.1) is 0 Å². The first-order valence-corrected chi connectivity index (χ1v) is 5.98. The Morgan fingerprint density at radius 3 is 2.64 bits per heavy atom. The van der Waals surface area contributed by atoms with Crippen molar-refractivity contribution in [2.45, 2.75) is 0 Å². The van der Waals surface area contributed by atoms with E-state index in [9.17, 15) is 14.4 Å². The van der Waals surface area contributed by atoms with E-state index in [1.807, 2.05) is 0 Å². The number of methoxy groups -OCH3 is 1. The Labute approximate surface area is 123 Å². The molecule has 0 amide bonds. The quantitative estimate of drug-likeness (QED) is 0.557. The van der Waals surface area contributed by atoms with E-state index in [1.165, 1.54) is 13.2 Å². The van der Waals surface area contributed by atoms with Crippen LogP contribution in [0, 0.1) is 0 Å². The van der Waals surface area contributed by atoms with Crippen molar-refractivity contribution in [2.75, 3.05) is 12.4 Å². The summed E-state index contributed by atoms with van der Waals surface area (Å²) in [7, 11) is 1.42. The molecule has 8 nitrogen and oxygen atoms in total. The lowest BCUT2D eigenvalue weighted by Gasteiger charge is -2.08. The molecule has 2 rings (SSSR count). The van der Waals surface area contributed by atoms with Gasteiger partial charge >= 0.3 is 17.6 Å². The Hall–Kier alpha value is -3.29. The Morgan fingerprint density at radius 1 is 1.32 bits per heavy atom. The number of carbonyl (C=O) groups is 2. The minimum Gasteiger partial charge on any atom is -0.493 e. The molecular formula is C14H11NO7. The number of aliphatic carboxylic acids is 2. The lowest BCUT2D eigenvalue weighted by molar-refractivity contribution is -0.134. The highest BCUT2D eigenvalue weighted by Gasteiger charge is 2.14. The van der Waals surface area contributed by atoms with Gasteiger partial charge in [0.15, 0.2) is 11.3 Å². The number of ether oxygens (including phenoxy) is 1. The largest absolute Gasteiger partial charge is 0.493 e. The molecule has 0 saturated heterocycles. The van der Waals surface area contributed by atoms with Crippen molar-refractivity contribution in [1.29, 1.82) is 0 Å². The third kappa shape index (κ3) is 3.06. The maximum atomic E-state index is 11.9. The maximum absolute atomic E-state index is 11.9. The summed E-state index contributed by atoms with van der Waals surface area (Å²) in [5.41, 5.74) is -1.51. The molecule has 0 aliphatic carbocycles. The van der Waals surface area contributed by atoms with Gasteiger partial charge in [-0.3, -0.25) is 0 Å². The van der Waals surface area contributed by atoms with Crippen LogP contribution in [0.1, 0.15) is 0 Å². The van der Waals surface area contributed by atoms with Gasteiger partial charge in [-0.2, -0.15) is 0 Å². The summed E-state index contributed by atoms with van der Waals surface area (Å²) in [6, 6.07) is 6.25. The molecule has 8 heteroatoms. The summed E-state index contributed by atoms with van der Waals surface area (Å²) in [6.45, 7) is 0. The Morgan fingerprint density at radius 2 is 2.05 bits per heavy atom. The molecule has 0 fully saturated rings. The Kier molecular flexibility index (Phi) is 4.12. The predicted octanol–water partition coefficient (Wildman–Crippen LogP) is 1.27. The molecule has 1 aromatic carbocycles. The zero-order valence-electron chi connectivity index (χ0n) is 11.3. The van der Waals surface area contributed by atoms with Crippen molar-refractivity contribution in [3.8, 4) is 5.75 Å². The fourth-order valence-corrected chi connectivity index (χ4v) is 1.79. The first-order chi connectivity index (χ1) is 10.4. The highest BCUT2D eigenvalue weighted by Crippen LogP contribution is 2.25. The highest BCUT2D eigenvalue weighted by atomic mass is 16.5. The topological polar surface area (TPSA) is 126 Å². The molecule has 0 atom stereocenters. The zero-order valence-corrected chi connectivity index (χ0v) is 11.3. The van der Waals surface area contributed by atoms with E-state index in [0.717, 1.165) is 0 Å². The average molecular weight is 305 g/mol. The van der Waals surface area contributed by atoms with Crippen LogP contribution in [0.3, 0.4) is 0 Å². The molecular weight excluding hydrogens is 294 g/mol. The second-order valence-corrected chi connectivity index (χ2v) is 4.15. The van der Waals surface area contributed by atoms with Crippen molar-refractivity contribution in [1.82, 2.24) is 0 Å². The Bertz CT molecular complexity index is 835. The minimum absolute atomic E-state index is 0.198. The fraction of sp³-hybridized carbons (Fsp3) is 0.0714. The standard InChI is InChI=1S/C14H11NO7/c1-21-10-4-2-3-7-5-9(14(20)22-12(7)10)15-8(13(18)19)6-11(16)17/h2-6,15H,1H3,(H,16,17)(H,18,19). The van der Waals surface area contributed by atoms with Crippen molar-refractivity contribution >= 4 is 28.6 Å². The number of rotatable bonds is 5. The van der Waals surface area contributed by atoms with Crippen LogP contribution < -0.4 is 15.7 Å². The van der Waals surface area contributed by atoms with Crippen molar-refractivity contribution < 1.29 is 29.0 Å². The second kappa shape index (κ2) is 6.00. The van der Waals surface area contributed by atoms with Gasteiger partial charge in [0, 0.05) is 5.39 Å². The third-order valence-electron chi connectivity index (χ3n) is 2.71. The van der Waals surface area contributed by atoms with Gasteiger partial charge in [0.25, 0.3) is 0 Å². The van der Waals surface area contributed by atoms with Crippen LogP contribution in [-0.4, -0.2) is 29.3 Å². The lowest BCUT2D eigenvalue weighted by Crippen LogP contribution is -2.17. The summed E-state index contributed by atoms with van der Waals surface area (Å²) in [4.78, 5) is 33.4. The number of nitrogens with one attached hydrogen (secondary N) is 1. The van der Waals surface area contributed by atoms with Crippen LogP contribution in [0.15, 0.2) is 45.3 Å². The number of carboxylic acid groups (broad SMARTS) is 2. The third-order valence-corrected chi connectivity index (χ3v) is 2.71. The van der Waals surface area contributed by atoms with Gasteiger partial charge in [-0.05, 0) is 12.1 Å². The molecule has 0 radical (unpaired) electrons. The number of hydrogen-bond acceptors (Lipinski definition) is 6. The first kappa shape index (κ1) is 15.1. The van der Waals surface area contributed by atoms with Gasteiger partial charge in [0.2, 0.25) is 0 Å². The van der Waals surface area contributed by atoms with E-state index in [1.54, 1.807) is 18.2 Å². The average Bonchev–Trinajstić information content (AvgIpc) is 2.46. The van der Waals surface area contributed by atoms with E-state index >= 15 is 0 Å². The van der Waals surface area contributed by atoms with Crippen LogP contribution in [0.25, 0.3) is 11.0 Å². The van der Waals surface area contributed by atoms with Crippen molar-refractivity contribution in [3.63, 3.8) is 0 Å². The molecule has 0 aliphatic heterocycles. The monoisotopic (exact) mass is 305 g/mol. The van der Waals surface area contributed by atoms with Crippen LogP contribution in [0.2, 0.25) is 0 Å². The van der Waals surface area contributed by atoms with E-state index in [2.05, 4.69) is 5.32 Å². The molecule has 114 valence electrons. The molecule has 1 heterocycles. The smallest absolute Gasteiger partial charge is 0.360 e. The first-order valence-electron chi connectivity index (χ1n) is 5.98. The number of benzene rings is 1. The summed E-state index contributed by atoms with van der Waals surface area (Å²) in [5.74, 6) is -2.63. The molecule has 0 unspecified atom stereocenters. The number of para-hydroxylation sites is 1. The minimum atomic E-state index is -1.52. The molecule has 0 spiro atoms. The predicted molar refractivity (Wildman–Crippen MR) is 76.0 cm³/mol. The SMILES string of the molecule is COc1cccc2cc(NC(=CC(=O)O)C(=O)O)c(=O)oc12. The lowest BCUT2D eigenvalue weighted by atomic mass is 10.2. The van der Waals surface area contributed by atoms with Gasteiger partial charge in [0.05, 0.1) is 13.2 Å². The summed E-state index contributed by atoms with van der Waals surface area (Å²) < 4.78 is 10.1. The van der Waals surface area contributed by atoms with Crippen LogP contribution in [0.5, 0.6) is 5.75 Å². The molecule has 1 aromatic heterocycles. The maximum Gasteiger partial charge on any atom is 0.360 e. The van der Waals surface area contributed by atoms with Crippen LogP contribution >= 0.6 is 0 Å². The van der Waals surface area contributed by atoms with Crippen molar-refractivity contribution in [2.24, 2.45) is 0 Å². The van der Waals surface area contributed by atoms with E-state index in [4.69, 9.17) is 19.4 Å². The summed E-state index contributed by atoms with van der Waals surface area (Å²) in [5, 5.41) is 20.3. The molecule has 0 saturated carbocycles. The molecule has 0 bridgehead atoms. The fourth-order valence-electron chi connectivity index (χ4n) is 1.79. The van der Waals surface area contributed by atoms with E-state index in [0.29, 0.717) is 17.2 Å². The Balaban J connectivity index is 2.53. The molecule has 22 heavy (non-hydrogen) atoms. The van der Waals surface area contributed by atoms with Crippen molar-refractivity contribution in [3.05, 3.63) is 46.5 Å². The van der Waals surface area contributed by atoms with E-state index < -0.39 is 23.3 Å². The van der Waals surface area contributed by atoms with Gasteiger partial charge < -0.3 is 24.7 Å². The molecule has 3 N–H and O–H groups in total. The molecule has 0 aliphatic rings. The molecule has 2 aromatic rings. The van der Waals surface area contributed by atoms with Gasteiger partial charge in [0.1, 0.15) is 11.4 Å². The number of anilines is 1. The zero-order chi connectivity index (χ0) is 16.3. The normalized spacial score (nSPS) is 11.2.